The first-order valence-electron chi connectivity index (χ1n) is 8.79. The lowest BCUT2D eigenvalue weighted by Crippen LogP contribution is -2.22. The molecule has 0 unspecified atom stereocenters. The molecule has 0 fully saturated rings. The summed E-state index contributed by atoms with van der Waals surface area (Å²) in [5.41, 5.74) is 4.08. The van der Waals surface area contributed by atoms with Crippen LogP contribution in [0.25, 0.3) is 10.2 Å². The second-order valence-corrected chi connectivity index (χ2v) is 8.37. The fraction of sp³-hybridized carbons (Fsp3) is 0.286. The smallest absolute Gasteiger partial charge is 0.325 e. The number of fused-ring (bicyclic) bond motifs is 1. The van der Waals surface area contributed by atoms with Crippen LogP contribution in [0, 0.1) is 13.8 Å². The van der Waals surface area contributed by atoms with Gasteiger partial charge in [-0.15, -0.1) is 11.8 Å². The summed E-state index contributed by atoms with van der Waals surface area (Å²) in [5.74, 6) is -0.616. The van der Waals surface area contributed by atoms with Crippen LogP contribution in [0.5, 0.6) is 0 Å². The van der Waals surface area contributed by atoms with Crippen molar-refractivity contribution >= 4 is 45.2 Å². The number of carbonyl (C=O) groups excluding carboxylic acids is 2. The van der Waals surface area contributed by atoms with Crippen LogP contribution in [0.3, 0.4) is 0 Å². The van der Waals surface area contributed by atoms with Gasteiger partial charge in [0.05, 0.1) is 23.7 Å². The van der Waals surface area contributed by atoms with E-state index >= 15 is 0 Å². The van der Waals surface area contributed by atoms with Crippen LogP contribution in [0.1, 0.15) is 16.7 Å². The van der Waals surface area contributed by atoms with Crippen LogP contribution < -0.4 is 4.80 Å². The number of nitrogens with zero attached hydrogens (tertiary/aromatic N) is 2. The molecule has 0 N–H and O–H groups in total. The van der Waals surface area contributed by atoms with Crippen molar-refractivity contribution < 1.29 is 14.3 Å². The summed E-state index contributed by atoms with van der Waals surface area (Å²) in [6.45, 7) is 4.09. The minimum atomic E-state index is -0.375. The number of benzene rings is 2. The lowest BCUT2D eigenvalue weighted by atomic mass is 10.1. The number of methoxy groups -OCH3 is 1. The molecule has 0 aliphatic rings. The number of thioether (sulfide) groups is 1. The number of hydrogen-bond donors (Lipinski definition) is 0. The maximum Gasteiger partial charge on any atom is 0.325 e. The Morgan fingerprint density at radius 3 is 2.46 bits per heavy atom. The predicted octanol–water partition coefficient (Wildman–Crippen LogP) is 3.88. The highest BCUT2D eigenvalue weighted by Gasteiger charge is 2.13. The maximum atomic E-state index is 12.6. The molecule has 3 rings (SSSR count). The molecule has 0 saturated heterocycles. The van der Waals surface area contributed by atoms with E-state index in [1.165, 1.54) is 18.4 Å². The van der Waals surface area contributed by atoms with Gasteiger partial charge in [-0.05, 0) is 61.1 Å². The molecule has 28 heavy (non-hydrogen) atoms. The first kappa shape index (κ1) is 20.4. The molecule has 0 radical (unpaired) electrons. The first-order chi connectivity index (χ1) is 13.4. The predicted molar refractivity (Wildman–Crippen MR) is 114 cm³/mol. The van der Waals surface area contributed by atoms with Gasteiger partial charge in [-0.2, -0.15) is 4.99 Å². The second kappa shape index (κ2) is 8.75. The van der Waals surface area contributed by atoms with Crippen molar-refractivity contribution in [2.75, 3.05) is 13.4 Å². The quantitative estimate of drug-likeness (QED) is 0.469. The SMILES string of the molecule is COC(=O)Cn1c(=NC(=O)Cc2ccc(SC)cc2)sc2cc(C)c(C)cc21. The standard InChI is InChI=1S/C21H22N2O3S2/c1-13-9-17-18(10-14(13)2)28-21(23(17)12-20(25)26-3)22-19(24)11-15-5-7-16(27-4)8-6-15/h5-10H,11-12H2,1-4H3. The average molecular weight is 415 g/mol. The minimum Gasteiger partial charge on any atom is -0.468 e. The molecule has 0 atom stereocenters. The number of hydrogen-bond acceptors (Lipinski definition) is 5. The van der Waals surface area contributed by atoms with Gasteiger partial charge in [-0.1, -0.05) is 23.5 Å². The number of aryl methyl sites for hydroxylation is 2. The fourth-order valence-electron chi connectivity index (χ4n) is 2.82. The molecule has 0 saturated carbocycles. The zero-order valence-corrected chi connectivity index (χ0v) is 17.9. The minimum absolute atomic E-state index is 0.0214. The number of rotatable bonds is 5. The lowest BCUT2D eigenvalue weighted by molar-refractivity contribution is -0.141. The summed E-state index contributed by atoms with van der Waals surface area (Å²) in [7, 11) is 1.35. The number of aromatic nitrogens is 1. The highest BCUT2D eigenvalue weighted by Crippen LogP contribution is 2.22. The van der Waals surface area contributed by atoms with Crippen LogP contribution in [-0.2, 0) is 27.3 Å². The fourth-order valence-corrected chi connectivity index (χ4v) is 4.35. The molecule has 0 bridgehead atoms. The molecule has 2 aromatic carbocycles. The van der Waals surface area contributed by atoms with Crippen LogP contribution in [0.15, 0.2) is 46.3 Å². The van der Waals surface area contributed by atoms with Gasteiger partial charge in [0.25, 0.3) is 5.91 Å². The third-order valence-corrected chi connectivity index (χ3v) is 6.33. The zero-order valence-electron chi connectivity index (χ0n) is 16.3. The summed E-state index contributed by atoms with van der Waals surface area (Å²) in [6, 6.07) is 12.0. The molecule has 1 amide bonds. The van der Waals surface area contributed by atoms with Gasteiger partial charge in [-0.25, -0.2) is 0 Å². The van der Waals surface area contributed by atoms with E-state index in [9.17, 15) is 9.59 Å². The van der Waals surface area contributed by atoms with Crippen molar-refractivity contribution in [3.8, 4) is 0 Å². The first-order valence-corrected chi connectivity index (χ1v) is 10.8. The Morgan fingerprint density at radius 1 is 1.14 bits per heavy atom. The molecule has 146 valence electrons. The summed E-state index contributed by atoms with van der Waals surface area (Å²) in [4.78, 5) is 30.4. The molecule has 5 nitrogen and oxygen atoms in total. The van der Waals surface area contributed by atoms with E-state index in [1.54, 1.807) is 16.3 Å². The van der Waals surface area contributed by atoms with Crippen LogP contribution in [0.4, 0.5) is 0 Å². The van der Waals surface area contributed by atoms with E-state index in [4.69, 9.17) is 4.74 Å². The topological polar surface area (TPSA) is 60.7 Å². The number of esters is 1. The number of carbonyl (C=O) groups is 2. The highest BCUT2D eigenvalue weighted by molar-refractivity contribution is 7.98. The largest absolute Gasteiger partial charge is 0.468 e. The van der Waals surface area contributed by atoms with Crippen molar-refractivity contribution in [1.82, 2.24) is 4.57 Å². The zero-order chi connectivity index (χ0) is 20.3. The Morgan fingerprint density at radius 2 is 1.82 bits per heavy atom. The molecule has 3 aromatic rings. The van der Waals surface area contributed by atoms with Crippen molar-refractivity contribution in [2.24, 2.45) is 4.99 Å². The Labute approximate surface area is 172 Å². The maximum absolute atomic E-state index is 12.6. The summed E-state index contributed by atoms with van der Waals surface area (Å²) in [5, 5.41) is 0. The molecule has 0 aliphatic heterocycles. The Hall–Kier alpha value is -2.38. The van der Waals surface area contributed by atoms with Crippen molar-refractivity contribution in [3.05, 3.63) is 57.9 Å². The molecule has 1 aromatic heterocycles. The van der Waals surface area contributed by atoms with Gasteiger partial charge in [0.2, 0.25) is 0 Å². The van der Waals surface area contributed by atoms with E-state index in [1.807, 2.05) is 50.4 Å². The molecule has 7 heteroatoms. The van der Waals surface area contributed by atoms with E-state index < -0.39 is 0 Å². The van der Waals surface area contributed by atoms with Crippen molar-refractivity contribution in [3.63, 3.8) is 0 Å². The van der Waals surface area contributed by atoms with E-state index in [-0.39, 0.29) is 24.8 Å². The van der Waals surface area contributed by atoms with Gasteiger partial charge in [0.15, 0.2) is 4.80 Å². The van der Waals surface area contributed by atoms with Crippen molar-refractivity contribution in [2.45, 2.75) is 31.7 Å². The molecule has 1 heterocycles. The third-order valence-electron chi connectivity index (χ3n) is 4.55. The molecule has 0 spiro atoms. The normalized spacial score (nSPS) is 11.8. The van der Waals surface area contributed by atoms with E-state index in [0.717, 1.165) is 31.8 Å². The third kappa shape index (κ3) is 4.54. The van der Waals surface area contributed by atoms with Crippen LogP contribution >= 0.6 is 23.1 Å². The number of amides is 1. The van der Waals surface area contributed by atoms with Crippen LogP contribution in [0.2, 0.25) is 0 Å². The number of thiazole rings is 1. The average Bonchev–Trinajstić information content (AvgIpc) is 2.98. The van der Waals surface area contributed by atoms with Crippen molar-refractivity contribution in [1.29, 1.82) is 0 Å². The van der Waals surface area contributed by atoms with Crippen LogP contribution in [-0.4, -0.2) is 29.8 Å². The lowest BCUT2D eigenvalue weighted by Gasteiger charge is -2.05. The summed E-state index contributed by atoms with van der Waals surface area (Å²) < 4.78 is 7.57. The Balaban J connectivity index is 2.00. The van der Waals surface area contributed by atoms with E-state index in [0.29, 0.717) is 4.80 Å². The molecular formula is C21H22N2O3S2. The van der Waals surface area contributed by atoms with Gasteiger partial charge in [0, 0.05) is 4.90 Å². The van der Waals surface area contributed by atoms with Gasteiger partial charge < -0.3 is 9.30 Å². The summed E-state index contributed by atoms with van der Waals surface area (Å²) >= 11 is 3.07. The highest BCUT2D eigenvalue weighted by atomic mass is 32.2. The molecular weight excluding hydrogens is 392 g/mol. The van der Waals surface area contributed by atoms with Gasteiger partial charge in [0.1, 0.15) is 6.54 Å². The Bertz CT molecular complexity index is 1100. The second-order valence-electron chi connectivity index (χ2n) is 6.48. The van der Waals surface area contributed by atoms with Gasteiger partial charge >= 0.3 is 5.97 Å². The van der Waals surface area contributed by atoms with E-state index in [2.05, 4.69) is 11.1 Å². The number of ether oxygens (including phenoxy) is 1. The summed E-state index contributed by atoms with van der Waals surface area (Å²) in [6.07, 6.45) is 2.24. The Kier molecular flexibility index (Phi) is 6.36. The monoisotopic (exact) mass is 414 g/mol. The van der Waals surface area contributed by atoms with Gasteiger partial charge in [-0.3, -0.25) is 9.59 Å². The molecule has 0 aliphatic carbocycles.